The van der Waals surface area contributed by atoms with Gasteiger partial charge in [-0.05, 0) is 24.1 Å². The van der Waals surface area contributed by atoms with E-state index in [-0.39, 0.29) is 18.2 Å². The van der Waals surface area contributed by atoms with Crippen molar-refractivity contribution < 1.29 is 9.59 Å². The lowest BCUT2D eigenvalue weighted by atomic mass is 10.2. The Bertz CT molecular complexity index is 418. The van der Waals surface area contributed by atoms with Crippen LogP contribution in [0.15, 0.2) is 24.3 Å². The van der Waals surface area contributed by atoms with E-state index in [1.807, 2.05) is 19.1 Å². The van der Waals surface area contributed by atoms with Crippen LogP contribution in [0, 0.1) is 0 Å². The normalized spacial score (nSPS) is 10.0. The second-order valence-electron chi connectivity index (χ2n) is 4.28. The van der Waals surface area contributed by atoms with Crippen LogP contribution >= 0.6 is 11.6 Å². The molecule has 0 atom stereocenters. The maximum Gasteiger partial charge on any atom is 0.229 e. The molecule has 4 nitrogen and oxygen atoms in total. The number of hydrogen-bond acceptors (Lipinski definition) is 2. The van der Waals surface area contributed by atoms with E-state index in [1.165, 1.54) is 0 Å². The molecule has 0 aliphatic heterocycles. The molecular weight excluding hydrogens is 264 g/mol. The fraction of sp³-hybridized carbons (Fsp3) is 0.429. The molecule has 0 spiro atoms. The highest BCUT2D eigenvalue weighted by Crippen LogP contribution is 2.09. The third kappa shape index (κ3) is 6.82. The Labute approximate surface area is 118 Å². The first-order valence-electron chi connectivity index (χ1n) is 6.39. The van der Waals surface area contributed by atoms with Crippen molar-refractivity contribution in [3.8, 4) is 0 Å². The summed E-state index contributed by atoms with van der Waals surface area (Å²) < 4.78 is 0. The monoisotopic (exact) mass is 282 g/mol. The van der Waals surface area contributed by atoms with Gasteiger partial charge in [-0.15, -0.1) is 0 Å². The molecule has 0 aliphatic carbocycles. The van der Waals surface area contributed by atoms with Crippen LogP contribution in [-0.2, 0) is 16.1 Å². The van der Waals surface area contributed by atoms with Gasteiger partial charge in [-0.1, -0.05) is 37.1 Å². The van der Waals surface area contributed by atoms with E-state index < -0.39 is 0 Å². The quantitative estimate of drug-likeness (QED) is 0.595. The van der Waals surface area contributed by atoms with Gasteiger partial charge in [0, 0.05) is 18.1 Å². The van der Waals surface area contributed by atoms with E-state index in [1.54, 1.807) is 12.1 Å². The first-order chi connectivity index (χ1) is 9.11. The van der Waals surface area contributed by atoms with Gasteiger partial charge in [-0.25, -0.2) is 0 Å². The summed E-state index contributed by atoms with van der Waals surface area (Å²) in [5.41, 5.74) is 0.948. The van der Waals surface area contributed by atoms with Crippen molar-refractivity contribution in [3.05, 3.63) is 34.9 Å². The highest BCUT2D eigenvalue weighted by atomic mass is 35.5. The summed E-state index contributed by atoms with van der Waals surface area (Å²) in [6.07, 6.45) is 1.82. The van der Waals surface area contributed by atoms with E-state index in [0.29, 0.717) is 18.1 Å². The molecule has 0 aliphatic rings. The van der Waals surface area contributed by atoms with Gasteiger partial charge in [-0.2, -0.15) is 0 Å². The molecule has 0 fully saturated rings. The Morgan fingerprint density at radius 1 is 1.11 bits per heavy atom. The molecule has 0 bridgehead atoms. The van der Waals surface area contributed by atoms with Crippen LogP contribution in [0.4, 0.5) is 0 Å². The zero-order valence-corrected chi connectivity index (χ0v) is 11.8. The molecule has 0 saturated heterocycles. The van der Waals surface area contributed by atoms with Crippen LogP contribution in [0.3, 0.4) is 0 Å². The van der Waals surface area contributed by atoms with Crippen LogP contribution in [0.1, 0.15) is 31.7 Å². The number of benzene rings is 1. The lowest BCUT2D eigenvalue weighted by Crippen LogP contribution is -2.32. The van der Waals surface area contributed by atoms with Gasteiger partial charge in [0.2, 0.25) is 11.8 Å². The van der Waals surface area contributed by atoms with Gasteiger partial charge in [0.05, 0.1) is 0 Å². The van der Waals surface area contributed by atoms with E-state index in [4.69, 9.17) is 11.6 Å². The Morgan fingerprint density at radius 3 is 2.37 bits per heavy atom. The minimum atomic E-state index is -0.274. The van der Waals surface area contributed by atoms with E-state index in [2.05, 4.69) is 10.6 Å². The van der Waals surface area contributed by atoms with E-state index >= 15 is 0 Å². The average molecular weight is 283 g/mol. The molecule has 1 rings (SSSR count). The van der Waals surface area contributed by atoms with Crippen molar-refractivity contribution in [2.24, 2.45) is 0 Å². The van der Waals surface area contributed by atoms with Crippen molar-refractivity contribution >= 4 is 23.4 Å². The van der Waals surface area contributed by atoms with Gasteiger partial charge in [-0.3, -0.25) is 9.59 Å². The number of nitrogens with one attached hydrogen (secondary N) is 2. The number of carbonyl (C=O) groups is 2. The maximum absolute atomic E-state index is 11.5. The van der Waals surface area contributed by atoms with Crippen LogP contribution in [0.25, 0.3) is 0 Å². The summed E-state index contributed by atoms with van der Waals surface area (Å²) >= 11 is 5.76. The van der Waals surface area contributed by atoms with Crippen molar-refractivity contribution in [1.82, 2.24) is 10.6 Å². The minimum Gasteiger partial charge on any atom is -0.356 e. The van der Waals surface area contributed by atoms with Gasteiger partial charge in [0.15, 0.2) is 0 Å². The molecule has 0 aromatic heterocycles. The SMILES string of the molecule is CCCCNC(=O)CC(=O)NCc1ccc(Cl)cc1. The van der Waals surface area contributed by atoms with Crippen molar-refractivity contribution in [2.75, 3.05) is 6.54 Å². The number of unbranched alkanes of at least 4 members (excludes halogenated alkanes) is 1. The Kier molecular flexibility index (Phi) is 6.97. The standard InChI is InChI=1S/C14H19ClN2O2/c1-2-3-8-16-13(18)9-14(19)17-10-11-4-6-12(15)7-5-11/h4-7H,2-3,8-10H2,1H3,(H,16,18)(H,17,19). The van der Waals surface area contributed by atoms with Gasteiger partial charge in [0.1, 0.15) is 6.42 Å². The molecule has 0 heterocycles. The lowest BCUT2D eigenvalue weighted by Gasteiger charge is -2.06. The molecule has 2 N–H and O–H groups in total. The van der Waals surface area contributed by atoms with E-state index in [9.17, 15) is 9.59 Å². The second kappa shape index (κ2) is 8.53. The fourth-order valence-electron chi connectivity index (χ4n) is 1.48. The molecule has 2 amide bonds. The zero-order chi connectivity index (χ0) is 14.1. The summed E-state index contributed by atoms with van der Waals surface area (Å²) in [5.74, 6) is -0.508. The molecule has 5 heteroatoms. The summed E-state index contributed by atoms with van der Waals surface area (Å²) in [7, 11) is 0. The molecule has 0 saturated carbocycles. The van der Waals surface area contributed by atoms with Gasteiger partial charge >= 0.3 is 0 Å². The second-order valence-corrected chi connectivity index (χ2v) is 4.72. The van der Waals surface area contributed by atoms with Gasteiger partial charge < -0.3 is 10.6 Å². The third-order valence-electron chi connectivity index (χ3n) is 2.58. The summed E-state index contributed by atoms with van der Waals surface area (Å²) in [5, 5.41) is 6.06. The highest BCUT2D eigenvalue weighted by Gasteiger charge is 2.08. The van der Waals surface area contributed by atoms with Crippen molar-refractivity contribution in [1.29, 1.82) is 0 Å². The predicted molar refractivity (Wildman–Crippen MR) is 75.8 cm³/mol. The topological polar surface area (TPSA) is 58.2 Å². The summed E-state index contributed by atoms with van der Waals surface area (Å²) in [6, 6.07) is 7.20. The van der Waals surface area contributed by atoms with Crippen LogP contribution in [0.2, 0.25) is 5.02 Å². The largest absolute Gasteiger partial charge is 0.356 e. The van der Waals surface area contributed by atoms with Gasteiger partial charge in [0.25, 0.3) is 0 Å². The van der Waals surface area contributed by atoms with E-state index in [0.717, 1.165) is 18.4 Å². The van der Waals surface area contributed by atoms with Crippen molar-refractivity contribution in [3.63, 3.8) is 0 Å². The number of carbonyl (C=O) groups excluding carboxylic acids is 2. The first-order valence-corrected chi connectivity index (χ1v) is 6.77. The van der Waals surface area contributed by atoms with Crippen LogP contribution in [0.5, 0.6) is 0 Å². The molecule has 0 unspecified atom stereocenters. The molecule has 0 radical (unpaired) electrons. The molecule has 104 valence electrons. The predicted octanol–water partition coefficient (Wildman–Crippen LogP) is 2.26. The summed E-state index contributed by atoms with van der Waals surface area (Å²) in [6.45, 7) is 3.07. The molecule has 19 heavy (non-hydrogen) atoms. The Balaban J connectivity index is 2.24. The molecular formula is C14H19ClN2O2. The average Bonchev–Trinajstić information content (AvgIpc) is 2.38. The molecule has 1 aromatic rings. The van der Waals surface area contributed by atoms with Crippen LogP contribution in [-0.4, -0.2) is 18.4 Å². The number of rotatable bonds is 7. The fourth-order valence-corrected chi connectivity index (χ4v) is 1.60. The minimum absolute atomic E-state index is 0.128. The van der Waals surface area contributed by atoms with Crippen LogP contribution < -0.4 is 10.6 Å². The first kappa shape index (κ1) is 15.5. The summed E-state index contributed by atoms with van der Waals surface area (Å²) in [4.78, 5) is 22.9. The number of hydrogen-bond donors (Lipinski definition) is 2. The Hall–Kier alpha value is -1.55. The maximum atomic E-state index is 11.5. The molecule has 1 aromatic carbocycles. The smallest absolute Gasteiger partial charge is 0.229 e. The number of halogens is 1. The Morgan fingerprint density at radius 2 is 1.74 bits per heavy atom. The number of amides is 2. The lowest BCUT2D eigenvalue weighted by molar-refractivity contribution is -0.129. The van der Waals surface area contributed by atoms with Crippen molar-refractivity contribution in [2.45, 2.75) is 32.7 Å². The highest BCUT2D eigenvalue weighted by molar-refractivity contribution is 6.30. The third-order valence-corrected chi connectivity index (χ3v) is 2.83. The zero-order valence-electron chi connectivity index (χ0n) is 11.0.